The molecule has 5 nitrogen and oxygen atoms in total. The fraction of sp³-hybridized carbons (Fsp3) is 0.846. The molecule has 0 unspecified atom stereocenters. The number of carboxylic acid groups (broad SMARTS) is 1. The van der Waals surface area contributed by atoms with E-state index in [-0.39, 0.29) is 17.9 Å². The fourth-order valence-corrected chi connectivity index (χ4v) is 3.05. The molecule has 102 valence electrons. The van der Waals surface area contributed by atoms with Gasteiger partial charge in [0, 0.05) is 13.1 Å². The van der Waals surface area contributed by atoms with E-state index in [9.17, 15) is 9.59 Å². The molecule has 0 bridgehead atoms. The first-order chi connectivity index (χ1) is 8.28. The Kier molecular flexibility index (Phi) is 3.25. The van der Waals surface area contributed by atoms with Gasteiger partial charge in [-0.05, 0) is 45.4 Å². The van der Waals surface area contributed by atoms with Crippen LogP contribution in [0.2, 0.25) is 0 Å². The molecule has 1 aliphatic carbocycles. The summed E-state index contributed by atoms with van der Waals surface area (Å²) in [6, 6.07) is 0. The summed E-state index contributed by atoms with van der Waals surface area (Å²) < 4.78 is 5.32. The van der Waals surface area contributed by atoms with Gasteiger partial charge in [-0.25, -0.2) is 4.79 Å². The van der Waals surface area contributed by atoms with Crippen molar-refractivity contribution >= 4 is 12.1 Å². The molecule has 5 heteroatoms. The molecule has 1 N–H and O–H groups in total. The molecule has 0 aromatic rings. The summed E-state index contributed by atoms with van der Waals surface area (Å²) in [7, 11) is 0. The zero-order chi connectivity index (χ0) is 13.5. The SMILES string of the molecule is CC(C)(C)OC(=O)N1C[C@@H]2CC[C@@H](C(=O)O)[C@H]2C1. The van der Waals surface area contributed by atoms with Crippen LogP contribution in [0.1, 0.15) is 33.6 Å². The molecule has 2 aliphatic rings. The summed E-state index contributed by atoms with van der Waals surface area (Å²) >= 11 is 0. The van der Waals surface area contributed by atoms with Gasteiger partial charge in [0.2, 0.25) is 0 Å². The number of ether oxygens (including phenoxy) is 1. The Bertz CT molecular complexity index is 360. The highest BCUT2D eigenvalue weighted by molar-refractivity contribution is 5.72. The van der Waals surface area contributed by atoms with Crippen LogP contribution in [0.5, 0.6) is 0 Å². The van der Waals surface area contributed by atoms with Crippen LogP contribution in [-0.4, -0.2) is 40.8 Å². The molecular formula is C13H21NO4. The van der Waals surface area contributed by atoms with Crippen molar-refractivity contribution in [3.8, 4) is 0 Å². The first kappa shape index (κ1) is 13.2. The number of carbonyl (C=O) groups excluding carboxylic acids is 1. The van der Waals surface area contributed by atoms with E-state index in [0.717, 1.165) is 12.8 Å². The van der Waals surface area contributed by atoms with E-state index < -0.39 is 11.6 Å². The van der Waals surface area contributed by atoms with Gasteiger partial charge in [0.05, 0.1) is 5.92 Å². The molecule has 0 radical (unpaired) electrons. The van der Waals surface area contributed by atoms with Gasteiger partial charge < -0.3 is 14.7 Å². The van der Waals surface area contributed by atoms with E-state index in [1.807, 2.05) is 20.8 Å². The third-order valence-corrected chi connectivity index (χ3v) is 3.83. The molecule has 0 aromatic heterocycles. The topological polar surface area (TPSA) is 66.8 Å². The van der Waals surface area contributed by atoms with Crippen LogP contribution in [0.3, 0.4) is 0 Å². The van der Waals surface area contributed by atoms with Gasteiger partial charge in [-0.1, -0.05) is 0 Å². The van der Waals surface area contributed by atoms with Crippen LogP contribution in [-0.2, 0) is 9.53 Å². The van der Waals surface area contributed by atoms with E-state index >= 15 is 0 Å². The highest BCUT2D eigenvalue weighted by atomic mass is 16.6. The summed E-state index contributed by atoms with van der Waals surface area (Å²) in [6.45, 7) is 6.67. The normalized spacial score (nSPS) is 31.3. The first-order valence-electron chi connectivity index (χ1n) is 6.48. The minimum Gasteiger partial charge on any atom is -0.481 e. The van der Waals surface area contributed by atoms with Gasteiger partial charge in [-0.2, -0.15) is 0 Å². The molecule has 1 heterocycles. The van der Waals surface area contributed by atoms with Crippen molar-refractivity contribution in [2.45, 2.75) is 39.2 Å². The van der Waals surface area contributed by atoms with Gasteiger partial charge in [0.25, 0.3) is 0 Å². The van der Waals surface area contributed by atoms with Crippen molar-refractivity contribution in [1.82, 2.24) is 4.90 Å². The quantitative estimate of drug-likeness (QED) is 0.777. The Hall–Kier alpha value is -1.26. The molecule has 0 aromatic carbocycles. The van der Waals surface area contributed by atoms with Crippen LogP contribution >= 0.6 is 0 Å². The highest BCUT2D eigenvalue weighted by Gasteiger charge is 2.47. The second kappa shape index (κ2) is 4.44. The highest BCUT2D eigenvalue weighted by Crippen LogP contribution is 2.42. The Balaban J connectivity index is 1.97. The zero-order valence-corrected chi connectivity index (χ0v) is 11.2. The summed E-state index contributed by atoms with van der Waals surface area (Å²) in [6.07, 6.45) is 1.33. The Morgan fingerprint density at radius 3 is 2.44 bits per heavy atom. The van der Waals surface area contributed by atoms with Crippen molar-refractivity contribution in [2.75, 3.05) is 13.1 Å². The Labute approximate surface area is 107 Å². The Morgan fingerprint density at radius 1 is 1.22 bits per heavy atom. The average molecular weight is 255 g/mol. The Morgan fingerprint density at radius 2 is 1.89 bits per heavy atom. The zero-order valence-electron chi connectivity index (χ0n) is 11.2. The maximum Gasteiger partial charge on any atom is 0.410 e. The summed E-state index contributed by atoms with van der Waals surface area (Å²) in [5.74, 6) is -0.579. The molecule has 1 aliphatic heterocycles. The lowest BCUT2D eigenvalue weighted by Crippen LogP contribution is -2.36. The van der Waals surface area contributed by atoms with E-state index in [0.29, 0.717) is 19.0 Å². The molecule has 1 saturated heterocycles. The lowest BCUT2D eigenvalue weighted by molar-refractivity contribution is -0.143. The smallest absolute Gasteiger partial charge is 0.410 e. The van der Waals surface area contributed by atoms with E-state index in [1.165, 1.54) is 0 Å². The van der Waals surface area contributed by atoms with Crippen LogP contribution in [0, 0.1) is 17.8 Å². The van der Waals surface area contributed by atoms with Crippen molar-refractivity contribution in [3.05, 3.63) is 0 Å². The van der Waals surface area contributed by atoms with Crippen LogP contribution in [0.4, 0.5) is 4.79 Å². The molecule has 2 rings (SSSR count). The van der Waals surface area contributed by atoms with Gasteiger partial charge in [0.15, 0.2) is 0 Å². The minimum atomic E-state index is -0.728. The summed E-state index contributed by atoms with van der Waals surface area (Å²) in [4.78, 5) is 24.7. The van der Waals surface area contributed by atoms with Crippen LogP contribution in [0.15, 0.2) is 0 Å². The van der Waals surface area contributed by atoms with E-state index in [1.54, 1.807) is 4.90 Å². The third kappa shape index (κ3) is 2.60. The van der Waals surface area contributed by atoms with Crippen LogP contribution < -0.4 is 0 Å². The number of nitrogens with zero attached hydrogens (tertiary/aromatic N) is 1. The van der Waals surface area contributed by atoms with Gasteiger partial charge in [-0.3, -0.25) is 4.79 Å². The lowest BCUT2D eigenvalue weighted by Gasteiger charge is -2.25. The van der Waals surface area contributed by atoms with Crippen molar-refractivity contribution in [3.63, 3.8) is 0 Å². The minimum absolute atomic E-state index is 0.106. The number of hydrogen-bond acceptors (Lipinski definition) is 3. The van der Waals surface area contributed by atoms with E-state index in [2.05, 4.69) is 0 Å². The molecule has 1 amide bonds. The molecule has 0 spiro atoms. The molecular weight excluding hydrogens is 234 g/mol. The van der Waals surface area contributed by atoms with E-state index in [4.69, 9.17) is 9.84 Å². The van der Waals surface area contributed by atoms with Gasteiger partial charge >= 0.3 is 12.1 Å². The molecule has 18 heavy (non-hydrogen) atoms. The number of carboxylic acids is 1. The number of rotatable bonds is 1. The second-order valence-electron chi connectivity index (χ2n) is 6.33. The first-order valence-corrected chi connectivity index (χ1v) is 6.48. The number of likely N-dealkylation sites (tertiary alicyclic amines) is 1. The maximum atomic E-state index is 11.9. The number of carbonyl (C=O) groups is 2. The maximum absolute atomic E-state index is 11.9. The molecule has 2 fully saturated rings. The lowest BCUT2D eigenvalue weighted by atomic mass is 9.93. The summed E-state index contributed by atoms with van der Waals surface area (Å²) in [5.41, 5.74) is -0.499. The predicted octanol–water partition coefficient (Wildman–Crippen LogP) is 1.96. The summed E-state index contributed by atoms with van der Waals surface area (Å²) in [5, 5.41) is 9.14. The molecule has 1 saturated carbocycles. The predicted molar refractivity (Wildman–Crippen MR) is 65.1 cm³/mol. The average Bonchev–Trinajstić information content (AvgIpc) is 2.70. The number of fused-ring (bicyclic) bond motifs is 1. The van der Waals surface area contributed by atoms with Crippen molar-refractivity contribution in [1.29, 1.82) is 0 Å². The third-order valence-electron chi connectivity index (χ3n) is 3.83. The number of amides is 1. The number of hydrogen-bond donors (Lipinski definition) is 1. The van der Waals surface area contributed by atoms with Gasteiger partial charge in [-0.15, -0.1) is 0 Å². The fourth-order valence-electron chi connectivity index (χ4n) is 3.05. The van der Waals surface area contributed by atoms with Crippen LogP contribution in [0.25, 0.3) is 0 Å². The standard InChI is InChI=1S/C13H21NO4/c1-13(2,3)18-12(17)14-6-8-4-5-9(11(15)16)10(8)7-14/h8-10H,4-7H2,1-3H3,(H,15,16)/t8-,9+,10-/m0/s1. The van der Waals surface area contributed by atoms with Crippen molar-refractivity contribution in [2.24, 2.45) is 17.8 Å². The van der Waals surface area contributed by atoms with Crippen molar-refractivity contribution < 1.29 is 19.4 Å². The number of aliphatic carboxylic acids is 1. The second-order valence-corrected chi connectivity index (χ2v) is 6.33. The van der Waals surface area contributed by atoms with Gasteiger partial charge in [0.1, 0.15) is 5.60 Å². The monoisotopic (exact) mass is 255 g/mol. The largest absolute Gasteiger partial charge is 0.481 e. The molecule has 3 atom stereocenters.